The first-order valence-corrected chi connectivity index (χ1v) is 8.71. The Morgan fingerprint density at radius 2 is 1.77 bits per heavy atom. The molecule has 6 heteroatoms. The lowest BCUT2D eigenvalue weighted by molar-refractivity contribution is -0.117. The summed E-state index contributed by atoms with van der Waals surface area (Å²) in [5, 5.41) is 3.29. The van der Waals surface area contributed by atoms with Gasteiger partial charge >= 0.3 is 0 Å². The molecule has 140 valence electrons. The number of anilines is 1. The van der Waals surface area contributed by atoms with Crippen molar-refractivity contribution in [3.8, 4) is 11.5 Å². The van der Waals surface area contributed by atoms with E-state index in [-0.39, 0.29) is 18.5 Å². The number of amides is 1. The van der Waals surface area contributed by atoms with E-state index in [1.807, 2.05) is 11.9 Å². The number of carbonyl (C=O) groups excluding carboxylic acids is 1. The summed E-state index contributed by atoms with van der Waals surface area (Å²) < 4.78 is 10.5. The molecule has 0 aromatic heterocycles. The maximum absolute atomic E-state index is 12.5. The predicted molar refractivity (Wildman–Crippen MR) is 105 cm³/mol. The van der Waals surface area contributed by atoms with Gasteiger partial charge in [-0.25, -0.2) is 0 Å². The highest BCUT2D eigenvalue weighted by Gasteiger charge is 2.17. The molecule has 0 saturated heterocycles. The molecule has 1 amide bonds. The molecule has 1 unspecified atom stereocenters. The predicted octanol–water partition coefficient (Wildman–Crippen LogP) is 4.30. The van der Waals surface area contributed by atoms with Gasteiger partial charge in [-0.3, -0.25) is 9.69 Å². The number of nitrogens with one attached hydrogen (secondary N) is 1. The van der Waals surface area contributed by atoms with Gasteiger partial charge in [0.05, 0.1) is 31.5 Å². The van der Waals surface area contributed by atoms with Crippen molar-refractivity contribution < 1.29 is 14.3 Å². The molecule has 2 aromatic carbocycles. The molecule has 0 bridgehead atoms. The first-order chi connectivity index (χ1) is 12.3. The monoisotopic (exact) mass is 376 g/mol. The summed E-state index contributed by atoms with van der Waals surface area (Å²) in [6, 6.07) is 11.7. The van der Waals surface area contributed by atoms with Crippen LogP contribution in [0.3, 0.4) is 0 Å². The Kier molecular flexibility index (Phi) is 6.89. The molecule has 26 heavy (non-hydrogen) atoms. The third-order valence-corrected chi connectivity index (χ3v) is 4.66. The topological polar surface area (TPSA) is 50.8 Å². The highest BCUT2D eigenvalue weighted by Crippen LogP contribution is 2.35. The van der Waals surface area contributed by atoms with Crippen LogP contribution in [0, 0.1) is 6.92 Å². The lowest BCUT2D eigenvalue weighted by Crippen LogP contribution is -2.32. The average Bonchev–Trinajstić information content (AvgIpc) is 2.62. The van der Waals surface area contributed by atoms with E-state index < -0.39 is 0 Å². The molecule has 5 nitrogen and oxygen atoms in total. The molecular weight excluding hydrogens is 352 g/mol. The number of nitrogens with zero attached hydrogens (tertiary/aromatic N) is 1. The number of methoxy groups -OCH3 is 2. The molecule has 0 heterocycles. The maximum atomic E-state index is 12.5. The number of benzene rings is 2. The Morgan fingerprint density at radius 1 is 1.15 bits per heavy atom. The van der Waals surface area contributed by atoms with Gasteiger partial charge in [-0.05, 0) is 26.5 Å². The summed E-state index contributed by atoms with van der Waals surface area (Å²) in [6.45, 7) is 4.37. The molecule has 0 spiro atoms. The van der Waals surface area contributed by atoms with Gasteiger partial charge in [0.2, 0.25) is 5.91 Å². The molecule has 0 fully saturated rings. The van der Waals surface area contributed by atoms with Crippen molar-refractivity contribution in [2.45, 2.75) is 19.9 Å². The fraction of sp³-hybridized carbons (Fsp3) is 0.350. The van der Waals surface area contributed by atoms with Crippen molar-refractivity contribution in [2.24, 2.45) is 0 Å². The summed E-state index contributed by atoms with van der Waals surface area (Å²) in [4.78, 5) is 14.5. The average molecular weight is 377 g/mol. The van der Waals surface area contributed by atoms with E-state index in [4.69, 9.17) is 21.1 Å². The third-order valence-electron chi connectivity index (χ3n) is 4.36. The van der Waals surface area contributed by atoms with Gasteiger partial charge < -0.3 is 14.8 Å². The Hall–Kier alpha value is -2.24. The number of aryl methyl sites for hydroxylation is 1. The SMILES string of the molecule is COc1cc(NC(=O)CN(C)C(C)c2ccc(C)cc2)c(OC)cc1Cl. The van der Waals surface area contributed by atoms with Gasteiger partial charge in [-0.15, -0.1) is 0 Å². The normalized spacial score (nSPS) is 12.0. The summed E-state index contributed by atoms with van der Waals surface area (Å²) in [5.41, 5.74) is 2.90. The van der Waals surface area contributed by atoms with E-state index in [9.17, 15) is 4.79 Å². The second-order valence-corrected chi connectivity index (χ2v) is 6.64. The van der Waals surface area contributed by atoms with Crippen molar-refractivity contribution in [1.82, 2.24) is 4.90 Å². The van der Waals surface area contributed by atoms with E-state index in [2.05, 4.69) is 43.4 Å². The summed E-state index contributed by atoms with van der Waals surface area (Å²) in [5.74, 6) is 0.816. The maximum Gasteiger partial charge on any atom is 0.238 e. The summed E-state index contributed by atoms with van der Waals surface area (Å²) in [7, 11) is 4.97. The van der Waals surface area contributed by atoms with Gasteiger partial charge in [-0.2, -0.15) is 0 Å². The molecular formula is C20H25ClN2O3. The highest BCUT2D eigenvalue weighted by atomic mass is 35.5. The van der Waals surface area contributed by atoms with Gasteiger partial charge in [-0.1, -0.05) is 41.4 Å². The van der Waals surface area contributed by atoms with Crippen LogP contribution >= 0.6 is 11.6 Å². The van der Waals surface area contributed by atoms with Crippen LogP contribution in [0.25, 0.3) is 0 Å². The van der Waals surface area contributed by atoms with Crippen LogP contribution < -0.4 is 14.8 Å². The smallest absolute Gasteiger partial charge is 0.238 e. The van der Waals surface area contributed by atoms with Gasteiger partial charge in [0, 0.05) is 18.2 Å². The zero-order chi connectivity index (χ0) is 19.3. The Labute approximate surface area is 159 Å². The number of rotatable bonds is 7. The van der Waals surface area contributed by atoms with Crippen LogP contribution in [0.4, 0.5) is 5.69 Å². The number of likely N-dealkylation sites (N-methyl/N-ethyl adjacent to an activating group) is 1. The molecule has 0 aliphatic heterocycles. The molecule has 1 atom stereocenters. The second kappa shape index (κ2) is 8.92. The number of hydrogen-bond acceptors (Lipinski definition) is 4. The van der Waals surface area contributed by atoms with Gasteiger partial charge in [0.1, 0.15) is 11.5 Å². The molecule has 1 N–H and O–H groups in total. The van der Waals surface area contributed by atoms with E-state index in [0.717, 1.165) is 5.56 Å². The van der Waals surface area contributed by atoms with Crippen molar-refractivity contribution in [1.29, 1.82) is 0 Å². The Balaban J connectivity index is 2.07. The molecule has 2 rings (SSSR count). The molecule has 0 saturated carbocycles. The fourth-order valence-electron chi connectivity index (χ4n) is 2.61. The van der Waals surface area contributed by atoms with E-state index in [1.165, 1.54) is 19.8 Å². The van der Waals surface area contributed by atoms with E-state index in [0.29, 0.717) is 22.2 Å². The van der Waals surface area contributed by atoms with Crippen LogP contribution in [0.5, 0.6) is 11.5 Å². The number of ether oxygens (including phenoxy) is 2. The van der Waals surface area contributed by atoms with Crippen LogP contribution in [0.2, 0.25) is 5.02 Å². The number of halogens is 1. The molecule has 0 aliphatic carbocycles. The second-order valence-electron chi connectivity index (χ2n) is 6.24. The summed E-state index contributed by atoms with van der Waals surface area (Å²) in [6.07, 6.45) is 0. The van der Waals surface area contributed by atoms with Crippen molar-refractivity contribution >= 4 is 23.2 Å². The highest BCUT2D eigenvalue weighted by molar-refractivity contribution is 6.32. The molecule has 0 aliphatic rings. The van der Waals surface area contributed by atoms with Gasteiger partial charge in [0.15, 0.2) is 0 Å². The minimum atomic E-state index is -0.144. The van der Waals surface area contributed by atoms with Crippen LogP contribution in [-0.2, 0) is 4.79 Å². The summed E-state index contributed by atoms with van der Waals surface area (Å²) >= 11 is 6.10. The zero-order valence-corrected chi connectivity index (χ0v) is 16.6. The lowest BCUT2D eigenvalue weighted by atomic mass is 10.1. The van der Waals surface area contributed by atoms with Gasteiger partial charge in [0.25, 0.3) is 0 Å². The zero-order valence-electron chi connectivity index (χ0n) is 15.8. The lowest BCUT2D eigenvalue weighted by Gasteiger charge is -2.25. The minimum Gasteiger partial charge on any atom is -0.495 e. The first kappa shape index (κ1) is 20.1. The Bertz CT molecular complexity index is 762. The molecule has 0 radical (unpaired) electrons. The minimum absolute atomic E-state index is 0.114. The first-order valence-electron chi connectivity index (χ1n) is 8.34. The standard InChI is InChI=1S/C20H25ClN2O3/c1-13-6-8-15(9-7-13)14(2)23(3)12-20(24)22-17-11-18(25-4)16(21)10-19(17)26-5/h6-11,14H,12H2,1-5H3,(H,22,24). The van der Waals surface area contributed by atoms with Crippen molar-refractivity contribution in [3.05, 3.63) is 52.5 Å². The Morgan fingerprint density at radius 3 is 2.35 bits per heavy atom. The fourth-order valence-corrected chi connectivity index (χ4v) is 2.84. The van der Waals surface area contributed by atoms with Crippen LogP contribution in [0.1, 0.15) is 24.1 Å². The van der Waals surface area contributed by atoms with Crippen molar-refractivity contribution in [3.63, 3.8) is 0 Å². The third kappa shape index (κ3) is 4.90. The molecule has 2 aromatic rings. The van der Waals surface area contributed by atoms with Crippen LogP contribution in [-0.4, -0.2) is 38.6 Å². The quantitative estimate of drug-likeness (QED) is 0.782. The van der Waals surface area contributed by atoms with Crippen LogP contribution in [0.15, 0.2) is 36.4 Å². The van der Waals surface area contributed by atoms with E-state index in [1.54, 1.807) is 12.1 Å². The van der Waals surface area contributed by atoms with E-state index >= 15 is 0 Å². The number of hydrogen-bond donors (Lipinski definition) is 1. The largest absolute Gasteiger partial charge is 0.495 e. The van der Waals surface area contributed by atoms with Crippen molar-refractivity contribution in [2.75, 3.05) is 33.1 Å². The number of carbonyl (C=O) groups is 1.